The number of likely N-dealkylation sites (N-methyl/N-ethyl adjacent to an activating group) is 1. The predicted molar refractivity (Wildman–Crippen MR) is 75.2 cm³/mol. The Morgan fingerprint density at radius 3 is 2.74 bits per heavy atom. The third-order valence-corrected chi connectivity index (χ3v) is 6.13. The zero-order valence-corrected chi connectivity index (χ0v) is 13.4. The third-order valence-electron chi connectivity index (χ3n) is 3.26. The lowest BCUT2D eigenvalue weighted by Gasteiger charge is -2.36. The zero-order chi connectivity index (χ0) is 14.2. The molecule has 2 heterocycles. The van der Waals surface area contributed by atoms with Gasteiger partial charge in [-0.15, -0.1) is 0 Å². The van der Waals surface area contributed by atoms with Gasteiger partial charge in [-0.25, -0.2) is 8.42 Å². The Morgan fingerprint density at radius 2 is 2.21 bits per heavy atom. The van der Waals surface area contributed by atoms with Crippen LogP contribution in [0.2, 0.25) is 0 Å². The molecule has 1 saturated heterocycles. The van der Waals surface area contributed by atoms with Crippen molar-refractivity contribution in [1.29, 1.82) is 0 Å². The first-order chi connectivity index (χ1) is 8.86. The van der Waals surface area contributed by atoms with Crippen molar-refractivity contribution >= 4 is 26.0 Å². The van der Waals surface area contributed by atoms with Gasteiger partial charge >= 0.3 is 0 Å². The van der Waals surface area contributed by atoms with Crippen LogP contribution >= 0.6 is 15.9 Å². The smallest absolute Gasteiger partial charge is 0.247 e. The summed E-state index contributed by atoms with van der Waals surface area (Å²) in [5.74, 6) is 0.451. The monoisotopic (exact) mass is 351 g/mol. The van der Waals surface area contributed by atoms with Crippen molar-refractivity contribution in [2.24, 2.45) is 5.73 Å². The van der Waals surface area contributed by atoms with E-state index < -0.39 is 10.0 Å². The highest BCUT2D eigenvalue weighted by atomic mass is 79.9. The summed E-state index contributed by atoms with van der Waals surface area (Å²) < 4.78 is 32.3. The first kappa shape index (κ1) is 15.0. The second-order valence-corrected chi connectivity index (χ2v) is 7.36. The van der Waals surface area contributed by atoms with Crippen molar-refractivity contribution in [3.8, 4) is 0 Å². The Labute approximate surface area is 121 Å². The van der Waals surface area contributed by atoms with Gasteiger partial charge in [0.2, 0.25) is 10.0 Å². The van der Waals surface area contributed by atoms with Gasteiger partial charge in [-0.1, -0.05) is 0 Å². The summed E-state index contributed by atoms with van der Waals surface area (Å²) in [6.07, 6.45) is 0. The molecule has 1 aliphatic heterocycles. The molecular formula is C11H18BrN3O3S. The van der Waals surface area contributed by atoms with E-state index in [4.69, 9.17) is 10.2 Å². The number of nitrogens with zero attached hydrogens (tertiary/aromatic N) is 2. The number of piperazine rings is 1. The van der Waals surface area contributed by atoms with Crippen LogP contribution in [0.4, 0.5) is 0 Å². The van der Waals surface area contributed by atoms with Crippen molar-refractivity contribution in [3.05, 3.63) is 16.5 Å². The van der Waals surface area contributed by atoms with E-state index in [1.54, 1.807) is 0 Å². The van der Waals surface area contributed by atoms with Crippen molar-refractivity contribution in [3.63, 3.8) is 0 Å². The maximum Gasteiger partial charge on any atom is 0.247 e. The topological polar surface area (TPSA) is 79.8 Å². The zero-order valence-electron chi connectivity index (χ0n) is 11.0. The molecule has 8 heteroatoms. The lowest BCUT2D eigenvalue weighted by atomic mass is 10.2. The van der Waals surface area contributed by atoms with Gasteiger partial charge in [-0.3, -0.25) is 0 Å². The molecule has 0 spiro atoms. The molecule has 1 atom stereocenters. The molecule has 1 unspecified atom stereocenters. The van der Waals surface area contributed by atoms with Gasteiger partial charge in [0.25, 0.3) is 0 Å². The van der Waals surface area contributed by atoms with Gasteiger partial charge in [-0.2, -0.15) is 4.31 Å². The van der Waals surface area contributed by atoms with E-state index in [1.807, 2.05) is 14.0 Å². The molecule has 0 amide bonds. The van der Waals surface area contributed by atoms with Crippen molar-refractivity contribution < 1.29 is 12.8 Å². The molecule has 0 radical (unpaired) electrons. The average Bonchev–Trinajstić information content (AvgIpc) is 2.70. The molecule has 19 heavy (non-hydrogen) atoms. The molecule has 1 fully saturated rings. The van der Waals surface area contributed by atoms with E-state index in [1.165, 1.54) is 10.4 Å². The predicted octanol–water partition coefficient (Wildman–Crippen LogP) is 0.825. The minimum absolute atomic E-state index is 0.0631. The molecule has 0 saturated carbocycles. The van der Waals surface area contributed by atoms with Gasteiger partial charge in [0.05, 0.1) is 6.54 Å². The normalized spacial score (nSPS) is 22.8. The minimum atomic E-state index is -3.54. The maximum absolute atomic E-state index is 12.6. The van der Waals surface area contributed by atoms with E-state index in [9.17, 15) is 8.42 Å². The Morgan fingerprint density at radius 1 is 1.53 bits per heavy atom. The van der Waals surface area contributed by atoms with Crippen LogP contribution in [0.25, 0.3) is 0 Å². The Balaban J connectivity index is 2.34. The fraction of sp³-hybridized carbons (Fsp3) is 0.636. The maximum atomic E-state index is 12.6. The number of furan rings is 1. The van der Waals surface area contributed by atoms with Crippen molar-refractivity contribution in [1.82, 2.24) is 9.21 Å². The summed E-state index contributed by atoms with van der Waals surface area (Å²) in [6, 6.07) is 1.43. The number of hydrogen-bond donors (Lipinski definition) is 1. The first-order valence-corrected chi connectivity index (χ1v) is 8.28. The Kier molecular flexibility index (Phi) is 4.36. The van der Waals surface area contributed by atoms with Crippen LogP contribution in [0.1, 0.15) is 12.7 Å². The van der Waals surface area contributed by atoms with E-state index in [-0.39, 0.29) is 22.2 Å². The number of nitrogens with two attached hydrogens (primary N) is 1. The molecule has 2 rings (SSSR count). The Bertz CT molecular complexity index is 558. The van der Waals surface area contributed by atoms with E-state index in [0.717, 1.165) is 13.1 Å². The first-order valence-electron chi connectivity index (χ1n) is 6.05. The Hall–Kier alpha value is -0.410. The number of rotatable bonds is 3. The molecule has 0 aliphatic carbocycles. The van der Waals surface area contributed by atoms with Crippen LogP contribution in [0.3, 0.4) is 0 Å². The lowest BCUT2D eigenvalue weighted by Crippen LogP contribution is -2.52. The largest absolute Gasteiger partial charge is 0.452 e. The highest BCUT2D eigenvalue weighted by molar-refractivity contribution is 9.10. The molecule has 0 aromatic carbocycles. The number of halogens is 1. The lowest BCUT2D eigenvalue weighted by molar-refractivity contribution is 0.170. The average molecular weight is 352 g/mol. The summed E-state index contributed by atoms with van der Waals surface area (Å²) >= 11 is 3.15. The highest BCUT2D eigenvalue weighted by Crippen LogP contribution is 2.30. The van der Waals surface area contributed by atoms with Gasteiger partial charge in [0.15, 0.2) is 4.67 Å². The summed E-state index contributed by atoms with van der Waals surface area (Å²) in [7, 11) is -1.56. The third kappa shape index (κ3) is 2.87. The van der Waals surface area contributed by atoms with E-state index >= 15 is 0 Å². The van der Waals surface area contributed by atoms with Crippen LogP contribution in [-0.2, 0) is 16.6 Å². The molecule has 1 aliphatic rings. The molecule has 108 valence electrons. The highest BCUT2D eigenvalue weighted by Gasteiger charge is 2.35. The molecule has 0 bridgehead atoms. The van der Waals surface area contributed by atoms with Crippen LogP contribution < -0.4 is 5.73 Å². The van der Waals surface area contributed by atoms with Gasteiger partial charge in [0, 0.05) is 31.7 Å². The summed E-state index contributed by atoms with van der Waals surface area (Å²) in [5.41, 5.74) is 5.47. The van der Waals surface area contributed by atoms with Crippen molar-refractivity contribution in [2.75, 3.05) is 26.7 Å². The second-order valence-electron chi connectivity index (χ2n) is 4.78. The van der Waals surface area contributed by atoms with E-state index in [2.05, 4.69) is 20.8 Å². The minimum Gasteiger partial charge on any atom is -0.452 e. The molecular weight excluding hydrogens is 334 g/mol. The summed E-state index contributed by atoms with van der Waals surface area (Å²) in [5, 5.41) is 0. The van der Waals surface area contributed by atoms with Crippen LogP contribution in [0.15, 0.2) is 20.0 Å². The van der Waals surface area contributed by atoms with Crippen LogP contribution in [0, 0.1) is 0 Å². The fourth-order valence-corrected chi connectivity index (χ4v) is 4.86. The second kappa shape index (κ2) is 5.53. The van der Waals surface area contributed by atoms with Gasteiger partial charge in [0.1, 0.15) is 10.7 Å². The van der Waals surface area contributed by atoms with Crippen molar-refractivity contribution in [2.45, 2.75) is 24.4 Å². The van der Waals surface area contributed by atoms with E-state index in [0.29, 0.717) is 12.3 Å². The number of hydrogen-bond acceptors (Lipinski definition) is 5. The SMILES string of the molecule is CC1CN(C)CCN1S(=O)(=O)c1cc(CN)oc1Br. The van der Waals surface area contributed by atoms with Crippen LogP contribution in [0.5, 0.6) is 0 Å². The van der Waals surface area contributed by atoms with Gasteiger partial charge in [-0.05, 0) is 29.9 Å². The summed E-state index contributed by atoms with van der Waals surface area (Å²) in [6.45, 7) is 4.01. The van der Waals surface area contributed by atoms with Gasteiger partial charge < -0.3 is 15.1 Å². The quantitative estimate of drug-likeness (QED) is 0.872. The van der Waals surface area contributed by atoms with Crippen LogP contribution in [-0.4, -0.2) is 50.3 Å². The molecule has 1 aromatic rings. The number of sulfonamides is 1. The summed E-state index contributed by atoms with van der Waals surface area (Å²) in [4.78, 5) is 2.27. The molecule has 2 N–H and O–H groups in total. The standard InChI is InChI=1S/C11H18BrN3O3S/c1-8-7-14(2)3-4-15(8)19(16,17)10-5-9(6-13)18-11(10)12/h5,8H,3-4,6-7,13H2,1-2H3. The molecule has 1 aromatic heterocycles. The molecule has 6 nitrogen and oxygen atoms in total. The fourth-order valence-electron chi connectivity index (χ4n) is 2.28.